The molecule has 4 aromatic rings. The molecular weight excluding hydrogens is 427 g/mol. The highest BCUT2D eigenvalue weighted by molar-refractivity contribution is 7.23. The van der Waals surface area contributed by atoms with Crippen molar-refractivity contribution in [3.63, 3.8) is 0 Å². The van der Waals surface area contributed by atoms with Crippen LogP contribution in [0.5, 0.6) is 0 Å². The van der Waals surface area contributed by atoms with Crippen molar-refractivity contribution in [3.05, 3.63) is 53.7 Å². The lowest BCUT2D eigenvalue weighted by Crippen LogP contribution is -2.30. The second-order valence-corrected chi connectivity index (χ2v) is 8.58. The Morgan fingerprint density at radius 1 is 1.28 bits per heavy atom. The van der Waals surface area contributed by atoms with Crippen molar-refractivity contribution in [1.29, 1.82) is 0 Å². The van der Waals surface area contributed by atoms with Gasteiger partial charge in [-0.3, -0.25) is 9.20 Å². The number of pyridine rings is 1. The first-order chi connectivity index (χ1) is 15.5. The molecule has 9 heteroatoms. The molecule has 0 fully saturated rings. The van der Waals surface area contributed by atoms with Crippen molar-refractivity contribution in [2.45, 2.75) is 26.8 Å². The van der Waals surface area contributed by atoms with E-state index in [0.717, 1.165) is 46.8 Å². The number of nitrogens with two attached hydrogens (primary N) is 1. The predicted molar refractivity (Wildman–Crippen MR) is 126 cm³/mol. The summed E-state index contributed by atoms with van der Waals surface area (Å²) in [7, 11) is 0. The summed E-state index contributed by atoms with van der Waals surface area (Å²) in [6, 6.07) is 6.73. The Hall–Kier alpha value is -2.88. The molecule has 0 unspecified atom stereocenters. The third kappa shape index (κ3) is 4.50. The number of carbonyl (C=O) groups is 1. The highest BCUT2D eigenvalue weighted by Crippen LogP contribution is 2.30. The maximum absolute atomic E-state index is 14.5. The van der Waals surface area contributed by atoms with Gasteiger partial charge >= 0.3 is 0 Å². The minimum Gasteiger partial charge on any atom is -0.351 e. The minimum absolute atomic E-state index is 0.180. The summed E-state index contributed by atoms with van der Waals surface area (Å²) in [5.74, 6) is -0.527. The molecule has 3 N–H and O–H groups in total. The first kappa shape index (κ1) is 22.3. The summed E-state index contributed by atoms with van der Waals surface area (Å²) in [5.41, 5.74) is 8.52. The van der Waals surface area contributed by atoms with Gasteiger partial charge in [0.1, 0.15) is 11.5 Å². The Labute approximate surface area is 190 Å². The molecule has 0 spiro atoms. The molecule has 4 rings (SSSR count). The SMILES string of the molecule is CCN(CC)CCCNC(=O)c1cc2sc3nc(-c4ccc(CN)cc4F)cn3c2cn1. The Bertz CT molecular complexity index is 1250. The van der Waals surface area contributed by atoms with Gasteiger partial charge in [0, 0.05) is 24.8 Å². The van der Waals surface area contributed by atoms with Crippen LogP contribution >= 0.6 is 11.3 Å². The van der Waals surface area contributed by atoms with Crippen LogP contribution in [0.4, 0.5) is 4.39 Å². The molecule has 0 aliphatic carbocycles. The van der Waals surface area contributed by atoms with Gasteiger partial charge < -0.3 is 16.0 Å². The topological polar surface area (TPSA) is 88.5 Å². The number of amides is 1. The molecule has 0 radical (unpaired) electrons. The number of nitrogens with zero attached hydrogens (tertiary/aromatic N) is 4. The lowest BCUT2D eigenvalue weighted by molar-refractivity contribution is 0.0947. The van der Waals surface area contributed by atoms with Crippen LogP contribution in [0.15, 0.2) is 36.7 Å². The van der Waals surface area contributed by atoms with E-state index >= 15 is 0 Å². The number of halogens is 1. The third-order valence-corrected chi connectivity index (χ3v) is 6.61. The summed E-state index contributed by atoms with van der Waals surface area (Å²) < 4.78 is 17.2. The number of nitrogens with one attached hydrogen (secondary N) is 1. The zero-order valence-electron chi connectivity index (χ0n) is 18.3. The van der Waals surface area contributed by atoms with Gasteiger partial charge in [0.05, 0.1) is 22.1 Å². The van der Waals surface area contributed by atoms with Crippen LogP contribution in [0.25, 0.3) is 26.4 Å². The van der Waals surface area contributed by atoms with Crippen LogP contribution < -0.4 is 11.1 Å². The van der Waals surface area contributed by atoms with Gasteiger partial charge in [-0.25, -0.2) is 14.4 Å². The van der Waals surface area contributed by atoms with Crippen LogP contribution in [-0.2, 0) is 6.54 Å². The Kier molecular flexibility index (Phi) is 6.78. The maximum atomic E-state index is 14.5. The molecular formula is C23H27FN6OS. The Morgan fingerprint density at radius 3 is 2.81 bits per heavy atom. The van der Waals surface area contributed by atoms with Gasteiger partial charge in [0.15, 0.2) is 4.96 Å². The zero-order chi connectivity index (χ0) is 22.7. The second-order valence-electron chi connectivity index (χ2n) is 7.57. The lowest BCUT2D eigenvalue weighted by Gasteiger charge is -2.17. The molecule has 3 aromatic heterocycles. The molecule has 32 heavy (non-hydrogen) atoms. The van der Waals surface area contributed by atoms with Crippen LogP contribution in [0.2, 0.25) is 0 Å². The molecule has 0 aliphatic rings. The van der Waals surface area contributed by atoms with Crippen molar-refractivity contribution in [3.8, 4) is 11.3 Å². The number of fused-ring (bicyclic) bond motifs is 3. The summed E-state index contributed by atoms with van der Waals surface area (Å²) in [6.07, 6.45) is 4.36. The van der Waals surface area contributed by atoms with E-state index < -0.39 is 0 Å². The van der Waals surface area contributed by atoms with Crippen molar-refractivity contribution in [2.24, 2.45) is 5.73 Å². The molecule has 0 aliphatic heterocycles. The molecule has 1 amide bonds. The molecule has 0 saturated carbocycles. The molecule has 0 bridgehead atoms. The van der Waals surface area contributed by atoms with Crippen LogP contribution in [0, 0.1) is 5.82 Å². The highest BCUT2D eigenvalue weighted by atomic mass is 32.1. The van der Waals surface area contributed by atoms with Gasteiger partial charge in [-0.1, -0.05) is 31.3 Å². The van der Waals surface area contributed by atoms with E-state index in [1.807, 2.05) is 4.40 Å². The molecule has 0 atom stereocenters. The van der Waals surface area contributed by atoms with E-state index in [0.29, 0.717) is 23.5 Å². The quantitative estimate of drug-likeness (QED) is 0.377. The number of aromatic nitrogens is 3. The second kappa shape index (κ2) is 9.72. The normalized spacial score (nSPS) is 11.7. The van der Waals surface area contributed by atoms with Gasteiger partial charge in [0.25, 0.3) is 5.91 Å². The van der Waals surface area contributed by atoms with E-state index in [9.17, 15) is 9.18 Å². The Balaban J connectivity index is 1.50. The molecule has 1 aromatic carbocycles. The van der Waals surface area contributed by atoms with E-state index in [4.69, 9.17) is 5.73 Å². The van der Waals surface area contributed by atoms with Crippen molar-refractivity contribution in [1.82, 2.24) is 24.6 Å². The number of benzene rings is 1. The minimum atomic E-state index is -0.346. The maximum Gasteiger partial charge on any atom is 0.269 e. The van der Waals surface area contributed by atoms with Crippen molar-refractivity contribution >= 4 is 32.4 Å². The zero-order valence-corrected chi connectivity index (χ0v) is 19.1. The summed E-state index contributed by atoms with van der Waals surface area (Å²) in [5, 5.41) is 2.94. The number of rotatable bonds is 9. The van der Waals surface area contributed by atoms with Crippen molar-refractivity contribution in [2.75, 3.05) is 26.2 Å². The predicted octanol–water partition coefficient (Wildman–Crippen LogP) is 3.67. The monoisotopic (exact) mass is 454 g/mol. The Morgan fingerprint density at radius 2 is 2.09 bits per heavy atom. The number of carbonyl (C=O) groups excluding carboxylic acids is 1. The van der Waals surface area contributed by atoms with Crippen LogP contribution in [-0.4, -0.2) is 51.4 Å². The lowest BCUT2D eigenvalue weighted by atomic mass is 10.1. The fourth-order valence-corrected chi connectivity index (χ4v) is 4.70. The molecule has 3 heterocycles. The third-order valence-electron chi connectivity index (χ3n) is 5.59. The summed E-state index contributed by atoms with van der Waals surface area (Å²) in [6.45, 7) is 8.15. The average molecular weight is 455 g/mol. The van der Waals surface area contributed by atoms with Crippen molar-refractivity contribution < 1.29 is 9.18 Å². The fraction of sp³-hybridized carbons (Fsp3) is 0.348. The van der Waals surface area contributed by atoms with E-state index in [1.54, 1.807) is 30.6 Å². The largest absolute Gasteiger partial charge is 0.351 e. The molecule has 0 saturated heterocycles. The number of hydrogen-bond donors (Lipinski definition) is 2. The van der Waals surface area contributed by atoms with Gasteiger partial charge in [-0.05, 0) is 49.8 Å². The van der Waals surface area contributed by atoms with E-state index in [-0.39, 0.29) is 18.3 Å². The summed E-state index contributed by atoms with van der Waals surface area (Å²) in [4.78, 5) is 24.5. The van der Waals surface area contributed by atoms with Gasteiger partial charge in [0.2, 0.25) is 0 Å². The standard InChI is InChI=1S/C23H27FN6OS/c1-3-29(4-2)9-5-8-26-22(31)18-11-21-20(13-27-18)30-14-19(28-23(30)32-21)16-7-6-15(12-25)10-17(16)24/h6-7,10-11,13-14H,3-5,8-9,12,25H2,1-2H3,(H,26,31). The smallest absolute Gasteiger partial charge is 0.269 e. The number of hydrogen-bond acceptors (Lipinski definition) is 6. The van der Waals surface area contributed by atoms with Crippen LogP contribution in [0.1, 0.15) is 36.3 Å². The first-order valence-corrected chi connectivity index (χ1v) is 11.6. The molecule has 168 valence electrons. The van der Waals surface area contributed by atoms with E-state index in [2.05, 4.69) is 34.0 Å². The average Bonchev–Trinajstić information content (AvgIpc) is 3.36. The van der Waals surface area contributed by atoms with Crippen LogP contribution in [0.3, 0.4) is 0 Å². The van der Waals surface area contributed by atoms with E-state index in [1.165, 1.54) is 17.4 Å². The highest BCUT2D eigenvalue weighted by Gasteiger charge is 2.16. The number of thiazole rings is 1. The van der Waals surface area contributed by atoms with Gasteiger partial charge in [-0.15, -0.1) is 0 Å². The fourth-order valence-electron chi connectivity index (χ4n) is 3.68. The molecule has 7 nitrogen and oxygen atoms in total. The van der Waals surface area contributed by atoms with Gasteiger partial charge in [-0.2, -0.15) is 0 Å². The summed E-state index contributed by atoms with van der Waals surface area (Å²) >= 11 is 1.44. The number of imidazole rings is 1. The first-order valence-electron chi connectivity index (χ1n) is 10.8.